The summed E-state index contributed by atoms with van der Waals surface area (Å²) in [5.74, 6) is -1.01. The van der Waals surface area contributed by atoms with Crippen LogP contribution in [0.3, 0.4) is 0 Å². The number of rotatable bonds is 9. The Labute approximate surface area is 136 Å². The summed E-state index contributed by atoms with van der Waals surface area (Å²) in [6.07, 6.45) is 1.34. The number of hydrogen-bond donors (Lipinski definition) is 2. The Bertz CT molecular complexity index is 517. The zero-order chi connectivity index (χ0) is 17.1. The molecule has 126 valence electrons. The standard InChI is InChI=1S/C17H24N2O4/c1-3-11-18-15(20)9-10-16(21)19-14(17(22)23-2)12-13-7-5-4-6-8-13/h4-8,14H,3,9-12H2,1-2H3,(H,18,20)(H,19,21)/t14-/m0/s1. The first-order chi connectivity index (χ1) is 11.1. The molecule has 6 nitrogen and oxygen atoms in total. The highest BCUT2D eigenvalue weighted by Gasteiger charge is 2.22. The van der Waals surface area contributed by atoms with Gasteiger partial charge in [-0.25, -0.2) is 4.79 Å². The molecule has 1 rings (SSSR count). The molecule has 1 atom stereocenters. The van der Waals surface area contributed by atoms with Crippen LogP contribution in [0.5, 0.6) is 0 Å². The number of hydrogen-bond acceptors (Lipinski definition) is 4. The molecular formula is C17H24N2O4. The van der Waals surface area contributed by atoms with Crippen LogP contribution >= 0.6 is 0 Å². The van der Waals surface area contributed by atoms with Crippen molar-refractivity contribution in [2.45, 2.75) is 38.6 Å². The van der Waals surface area contributed by atoms with Crippen LogP contribution in [-0.2, 0) is 25.5 Å². The largest absolute Gasteiger partial charge is 0.467 e. The fraction of sp³-hybridized carbons (Fsp3) is 0.471. The minimum atomic E-state index is -0.756. The third-order valence-corrected chi connectivity index (χ3v) is 3.25. The maximum absolute atomic E-state index is 11.9. The summed E-state index contributed by atoms with van der Waals surface area (Å²) >= 11 is 0. The highest BCUT2D eigenvalue weighted by atomic mass is 16.5. The van der Waals surface area contributed by atoms with Crippen LogP contribution in [0, 0.1) is 0 Å². The summed E-state index contributed by atoms with van der Waals surface area (Å²) in [6, 6.07) is 8.60. The lowest BCUT2D eigenvalue weighted by Gasteiger charge is -2.16. The lowest BCUT2D eigenvalue weighted by Crippen LogP contribution is -2.43. The molecule has 1 aromatic rings. The van der Waals surface area contributed by atoms with Gasteiger partial charge in [0.25, 0.3) is 0 Å². The molecule has 0 fully saturated rings. The normalized spacial score (nSPS) is 11.4. The first-order valence-corrected chi connectivity index (χ1v) is 7.74. The Morgan fingerprint density at radius 2 is 1.74 bits per heavy atom. The van der Waals surface area contributed by atoms with E-state index in [2.05, 4.69) is 10.6 Å². The van der Waals surface area contributed by atoms with Crippen molar-refractivity contribution in [2.24, 2.45) is 0 Å². The van der Waals surface area contributed by atoms with Crippen LogP contribution in [0.1, 0.15) is 31.7 Å². The second kappa shape index (κ2) is 10.4. The molecule has 0 aromatic heterocycles. The molecule has 0 spiro atoms. The summed E-state index contributed by atoms with van der Waals surface area (Å²) in [5.41, 5.74) is 0.920. The van der Waals surface area contributed by atoms with Gasteiger partial charge in [0.15, 0.2) is 0 Å². The summed E-state index contributed by atoms with van der Waals surface area (Å²) in [5, 5.41) is 5.34. The van der Waals surface area contributed by atoms with Gasteiger partial charge in [-0.05, 0) is 12.0 Å². The fourth-order valence-corrected chi connectivity index (χ4v) is 2.03. The van der Waals surface area contributed by atoms with Crippen molar-refractivity contribution in [3.63, 3.8) is 0 Å². The summed E-state index contributed by atoms with van der Waals surface area (Å²) in [6.45, 7) is 2.55. The van der Waals surface area contributed by atoms with E-state index in [-0.39, 0.29) is 24.7 Å². The van der Waals surface area contributed by atoms with Crippen molar-refractivity contribution in [2.75, 3.05) is 13.7 Å². The number of methoxy groups -OCH3 is 1. The maximum Gasteiger partial charge on any atom is 0.328 e. The van der Waals surface area contributed by atoms with Gasteiger partial charge in [-0.1, -0.05) is 37.3 Å². The number of nitrogens with one attached hydrogen (secondary N) is 2. The summed E-state index contributed by atoms with van der Waals surface area (Å²) in [4.78, 5) is 35.2. The second-order valence-corrected chi connectivity index (χ2v) is 5.18. The Balaban J connectivity index is 2.51. The van der Waals surface area contributed by atoms with E-state index in [9.17, 15) is 14.4 Å². The van der Waals surface area contributed by atoms with Crippen LogP contribution in [0.2, 0.25) is 0 Å². The highest BCUT2D eigenvalue weighted by Crippen LogP contribution is 2.05. The molecule has 0 aliphatic heterocycles. The molecule has 0 saturated heterocycles. The number of carbonyl (C=O) groups is 3. The molecule has 0 radical (unpaired) electrons. The third-order valence-electron chi connectivity index (χ3n) is 3.25. The smallest absolute Gasteiger partial charge is 0.328 e. The van der Waals surface area contributed by atoms with Gasteiger partial charge in [0.1, 0.15) is 6.04 Å². The molecule has 0 aliphatic carbocycles. The molecule has 1 aromatic carbocycles. The minimum Gasteiger partial charge on any atom is -0.467 e. The average Bonchev–Trinajstić information content (AvgIpc) is 2.57. The molecule has 23 heavy (non-hydrogen) atoms. The Morgan fingerprint density at radius 3 is 2.35 bits per heavy atom. The van der Waals surface area contributed by atoms with E-state index in [1.807, 2.05) is 37.3 Å². The molecule has 2 amide bonds. The minimum absolute atomic E-state index is 0.0395. The molecule has 2 N–H and O–H groups in total. The number of esters is 1. The van der Waals surface area contributed by atoms with Crippen LogP contribution in [0.4, 0.5) is 0 Å². The number of ether oxygens (including phenoxy) is 1. The van der Waals surface area contributed by atoms with Crippen molar-refractivity contribution in [1.82, 2.24) is 10.6 Å². The van der Waals surface area contributed by atoms with Gasteiger partial charge in [0.05, 0.1) is 7.11 Å². The Kier molecular flexibility index (Phi) is 8.42. The van der Waals surface area contributed by atoms with Crippen LogP contribution < -0.4 is 10.6 Å². The molecular weight excluding hydrogens is 296 g/mol. The highest BCUT2D eigenvalue weighted by molar-refractivity contribution is 5.87. The molecule has 0 heterocycles. The van der Waals surface area contributed by atoms with E-state index >= 15 is 0 Å². The van der Waals surface area contributed by atoms with Crippen molar-refractivity contribution in [1.29, 1.82) is 0 Å². The zero-order valence-corrected chi connectivity index (χ0v) is 13.6. The lowest BCUT2D eigenvalue weighted by molar-refractivity contribution is -0.145. The maximum atomic E-state index is 11.9. The van der Waals surface area contributed by atoms with Gasteiger partial charge in [-0.15, -0.1) is 0 Å². The van der Waals surface area contributed by atoms with Gasteiger partial charge in [-0.2, -0.15) is 0 Å². The number of carbonyl (C=O) groups excluding carboxylic acids is 3. The van der Waals surface area contributed by atoms with Gasteiger partial charge < -0.3 is 15.4 Å². The Morgan fingerprint density at radius 1 is 1.09 bits per heavy atom. The van der Waals surface area contributed by atoms with Gasteiger partial charge in [-0.3, -0.25) is 9.59 Å². The lowest BCUT2D eigenvalue weighted by atomic mass is 10.1. The van der Waals surface area contributed by atoms with E-state index in [1.165, 1.54) is 7.11 Å². The molecule has 0 aliphatic rings. The topological polar surface area (TPSA) is 84.5 Å². The van der Waals surface area contributed by atoms with E-state index in [0.717, 1.165) is 12.0 Å². The number of amides is 2. The monoisotopic (exact) mass is 320 g/mol. The van der Waals surface area contributed by atoms with E-state index < -0.39 is 12.0 Å². The van der Waals surface area contributed by atoms with Crippen molar-refractivity contribution in [3.05, 3.63) is 35.9 Å². The predicted octanol–water partition coefficient (Wildman–Crippen LogP) is 1.19. The van der Waals surface area contributed by atoms with E-state index in [0.29, 0.717) is 13.0 Å². The average molecular weight is 320 g/mol. The molecule has 0 bridgehead atoms. The fourth-order valence-electron chi connectivity index (χ4n) is 2.03. The van der Waals surface area contributed by atoms with E-state index in [1.54, 1.807) is 0 Å². The molecule has 6 heteroatoms. The van der Waals surface area contributed by atoms with Gasteiger partial charge in [0.2, 0.25) is 11.8 Å². The summed E-state index contributed by atoms with van der Waals surface area (Å²) < 4.78 is 4.73. The van der Waals surface area contributed by atoms with Crippen LogP contribution in [0.25, 0.3) is 0 Å². The predicted molar refractivity (Wildman–Crippen MR) is 86.6 cm³/mol. The second-order valence-electron chi connectivity index (χ2n) is 5.18. The molecule has 0 saturated carbocycles. The summed E-state index contributed by atoms with van der Waals surface area (Å²) in [7, 11) is 1.28. The van der Waals surface area contributed by atoms with Crippen molar-refractivity contribution >= 4 is 17.8 Å². The van der Waals surface area contributed by atoms with Gasteiger partial charge in [0, 0.05) is 25.8 Å². The molecule has 0 unspecified atom stereocenters. The van der Waals surface area contributed by atoms with Crippen LogP contribution in [-0.4, -0.2) is 37.5 Å². The quantitative estimate of drug-likeness (QED) is 0.670. The van der Waals surface area contributed by atoms with Gasteiger partial charge >= 0.3 is 5.97 Å². The van der Waals surface area contributed by atoms with Crippen molar-refractivity contribution < 1.29 is 19.1 Å². The SMILES string of the molecule is CCCNC(=O)CCC(=O)N[C@@H](Cc1ccccc1)C(=O)OC. The zero-order valence-electron chi connectivity index (χ0n) is 13.6. The van der Waals surface area contributed by atoms with Crippen LogP contribution in [0.15, 0.2) is 30.3 Å². The van der Waals surface area contributed by atoms with E-state index in [4.69, 9.17) is 4.74 Å². The number of benzene rings is 1. The third kappa shape index (κ3) is 7.44. The Hall–Kier alpha value is -2.37. The first kappa shape index (κ1) is 18.7. The van der Waals surface area contributed by atoms with Crippen molar-refractivity contribution in [3.8, 4) is 0 Å². The first-order valence-electron chi connectivity index (χ1n) is 7.74.